The van der Waals surface area contributed by atoms with Gasteiger partial charge in [-0.3, -0.25) is 4.79 Å². The second-order valence-corrected chi connectivity index (χ2v) is 8.12. The molecule has 2 atom stereocenters. The average molecular weight is 467 g/mol. The highest BCUT2D eigenvalue weighted by Gasteiger charge is 2.38. The molecule has 3 aromatic heterocycles. The first-order chi connectivity index (χ1) is 16.3. The minimum atomic E-state index is -0.977. The zero-order valence-electron chi connectivity index (χ0n) is 17.6. The molecule has 4 aromatic rings. The molecule has 9 nitrogen and oxygen atoms in total. The summed E-state index contributed by atoms with van der Waals surface area (Å²) in [5.41, 5.74) is 7.00. The first-order valence-electron chi connectivity index (χ1n) is 10.3. The molecule has 2 aliphatic rings. The zero-order valence-corrected chi connectivity index (χ0v) is 17.6. The van der Waals surface area contributed by atoms with Gasteiger partial charge in [0.1, 0.15) is 46.9 Å². The van der Waals surface area contributed by atoms with E-state index in [2.05, 4.69) is 20.4 Å². The van der Waals surface area contributed by atoms with E-state index < -0.39 is 35.6 Å². The van der Waals surface area contributed by atoms with Crippen LogP contribution in [0.3, 0.4) is 0 Å². The number of nitrogen functional groups attached to an aromatic ring is 1. The number of halogens is 3. The zero-order chi connectivity index (χ0) is 23.7. The first kappa shape index (κ1) is 20.3. The van der Waals surface area contributed by atoms with E-state index in [1.165, 1.54) is 27.7 Å². The Bertz CT molecular complexity index is 1510. The summed E-state index contributed by atoms with van der Waals surface area (Å²) in [6, 6.07) is 4.27. The average Bonchev–Trinajstić information content (AvgIpc) is 3.15. The number of nitrogens with zero attached hydrogens (tertiary/aromatic N) is 5. The summed E-state index contributed by atoms with van der Waals surface area (Å²) < 4.78 is 49.7. The summed E-state index contributed by atoms with van der Waals surface area (Å²) in [4.78, 5) is 23.6. The van der Waals surface area contributed by atoms with Crippen molar-refractivity contribution >= 4 is 23.2 Å². The van der Waals surface area contributed by atoms with Crippen LogP contribution in [0.1, 0.15) is 29.0 Å². The predicted molar refractivity (Wildman–Crippen MR) is 114 cm³/mol. The fourth-order valence-corrected chi connectivity index (χ4v) is 4.38. The van der Waals surface area contributed by atoms with Gasteiger partial charge >= 0.3 is 0 Å². The number of carbonyl (C=O) groups is 1. The molecule has 1 amide bonds. The van der Waals surface area contributed by atoms with E-state index in [1.54, 1.807) is 6.92 Å². The molecule has 2 bridgehead atoms. The molecule has 6 rings (SSSR count). The molecule has 0 saturated carbocycles. The van der Waals surface area contributed by atoms with Crippen molar-refractivity contribution in [3.63, 3.8) is 0 Å². The summed E-state index contributed by atoms with van der Waals surface area (Å²) in [5.74, 6) is -2.45. The van der Waals surface area contributed by atoms with Gasteiger partial charge in [0, 0.05) is 11.6 Å². The fourth-order valence-electron chi connectivity index (χ4n) is 4.38. The van der Waals surface area contributed by atoms with Crippen LogP contribution in [0, 0.1) is 17.5 Å². The number of amides is 1. The second-order valence-electron chi connectivity index (χ2n) is 8.12. The van der Waals surface area contributed by atoms with Crippen LogP contribution >= 0.6 is 0 Å². The number of pyridine rings is 1. The smallest absolute Gasteiger partial charge is 0.261 e. The Hall–Kier alpha value is -4.35. The lowest BCUT2D eigenvalue weighted by Gasteiger charge is -2.33. The van der Waals surface area contributed by atoms with Crippen LogP contribution in [-0.2, 0) is 0 Å². The molecule has 0 saturated heterocycles. The highest BCUT2D eigenvalue weighted by molar-refractivity contribution is 6.02. The van der Waals surface area contributed by atoms with Crippen LogP contribution in [0.4, 0.5) is 24.8 Å². The number of aromatic nitrogens is 4. The van der Waals surface area contributed by atoms with Crippen molar-refractivity contribution < 1.29 is 22.7 Å². The molecule has 0 fully saturated rings. The lowest BCUT2D eigenvalue weighted by Crippen LogP contribution is -2.43. The maximum Gasteiger partial charge on any atom is 0.261 e. The Morgan fingerprint density at radius 2 is 1.97 bits per heavy atom. The summed E-state index contributed by atoms with van der Waals surface area (Å²) in [6.07, 6.45) is 0.890. The number of ether oxygens (including phenoxy) is 1. The predicted octanol–water partition coefficient (Wildman–Crippen LogP) is 3.14. The Kier molecular flexibility index (Phi) is 4.22. The number of hydrogen-bond donors (Lipinski definition) is 2. The monoisotopic (exact) mass is 467 g/mol. The van der Waals surface area contributed by atoms with Gasteiger partial charge in [-0.2, -0.15) is 9.61 Å². The third-order valence-electron chi connectivity index (χ3n) is 5.87. The van der Waals surface area contributed by atoms with Crippen molar-refractivity contribution in [2.45, 2.75) is 19.2 Å². The maximum absolute atomic E-state index is 14.8. The lowest BCUT2D eigenvalue weighted by atomic mass is 10.0. The van der Waals surface area contributed by atoms with E-state index >= 15 is 0 Å². The van der Waals surface area contributed by atoms with Crippen LogP contribution in [0.5, 0.6) is 5.88 Å². The Labute approximate surface area is 190 Å². The normalized spacial score (nSPS) is 19.1. The number of anilines is 2. The fraction of sp³-hybridized carbons (Fsp3) is 0.182. The summed E-state index contributed by atoms with van der Waals surface area (Å²) >= 11 is 0. The number of rotatable bonds is 1. The van der Waals surface area contributed by atoms with E-state index in [1.807, 2.05) is 0 Å². The van der Waals surface area contributed by atoms with E-state index in [0.29, 0.717) is 0 Å². The van der Waals surface area contributed by atoms with Crippen molar-refractivity contribution in [2.75, 3.05) is 17.6 Å². The second kappa shape index (κ2) is 7.07. The van der Waals surface area contributed by atoms with Crippen LogP contribution in [-0.4, -0.2) is 43.0 Å². The number of nitrogens with one attached hydrogen (secondary N) is 1. The van der Waals surface area contributed by atoms with E-state index in [4.69, 9.17) is 10.5 Å². The Morgan fingerprint density at radius 1 is 1.15 bits per heavy atom. The molecule has 2 unspecified atom stereocenters. The highest BCUT2D eigenvalue weighted by atomic mass is 19.1. The molecular formula is C22H16F3N7O2. The van der Waals surface area contributed by atoms with Gasteiger partial charge in [0.15, 0.2) is 5.65 Å². The van der Waals surface area contributed by atoms with Crippen LogP contribution in [0.2, 0.25) is 0 Å². The van der Waals surface area contributed by atoms with E-state index in [9.17, 15) is 18.0 Å². The SMILES string of the molecule is CC1CN2C(=O)c3cnn4c(N)c(-c5ccc(F)cc5F)c(nc34)NC2c2cc(F)cnc2O1. The topological polar surface area (TPSA) is 111 Å². The van der Waals surface area contributed by atoms with Gasteiger partial charge in [0.25, 0.3) is 5.91 Å². The molecule has 12 heteroatoms. The molecule has 5 heterocycles. The van der Waals surface area contributed by atoms with Crippen LogP contribution < -0.4 is 15.8 Å². The number of carbonyl (C=O) groups excluding carboxylic acids is 1. The van der Waals surface area contributed by atoms with Crippen molar-refractivity contribution in [2.24, 2.45) is 0 Å². The third kappa shape index (κ3) is 2.87. The lowest BCUT2D eigenvalue weighted by molar-refractivity contribution is 0.0639. The van der Waals surface area contributed by atoms with Gasteiger partial charge in [0.05, 0.1) is 30.1 Å². The van der Waals surface area contributed by atoms with Crippen molar-refractivity contribution in [1.29, 1.82) is 0 Å². The minimum Gasteiger partial charge on any atom is -0.472 e. The standard InChI is InChI=1S/C22H16F3N7O2/c1-9-8-31-19(13-4-11(24)6-27-21(13)34-9)29-18-16(12-3-2-10(23)5-15(12)25)17(26)32-20(30-18)14(7-28-32)22(31)33/h2-7,9,19H,8,26H2,1H3,(H,29,30). The van der Waals surface area contributed by atoms with E-state index in [0.717, 1.165) is 18.3 Å². The quantitative estimate of drug-likeness (QED) is 0.443. The highest BCUT2D eigenvalue weighted by Crippen LogP contribution is 2.41. The number of nitrogens with two attached hydrogens (primary N) is 1. The Morgan fingerprint density at radius 3 is 2.76 bits per heavy atom. The first-order valence-corrected chi connectivity index (χ1v) is 10.3. The molecule has 2 aliphatic heterocycles. The number of benzene rings is 1. The summed E-state index contributed by atoms with van der Waals surface area (Å²) in [5, 5.41) is 7.29. The molecule has 3 N–H and O–H groups in total. The van der Waals surface area contributed by atoms with Crippen molar-refractivity contribution in [3.8, 4) is 17.0 Å². The molecule has 34 heavy (non-hydrogen) atoms. The van der Waals surface area contributed by atoms with Crippen molar-refractivity contribution in [1.82, 2.24) is 24.5 Å². The number of hydrogen-bond acceptors (Lipinski definition) is 7. The molecule has 0 spiro atoms. The molecule has 0 radical (unpaired) electrons. The largest absolute Gasteiger partial charge is 0.472 e. The maximum atomic E-state index is 14.8. The molecular weight excluding hydrogens is 451 g/mol. The van der Waals surface area contributed by atoms with Gasteiger partial charge < -0.3 is 20.7 Å². The summed E-state index contributed by atoms with van der Waals surface area (Å²) in [6.45, 7) is 1.89. The minimum absolute atomic E-state index is 0.0126. The van der Waals surface area contributed by atoms with Crippen LogP contribution in [0.25, 0.3) is 16.8 Å². The number of fused-ring (bicyclic) bond motifs is 4. The van der Waals surface area contributed by atoms with Crippen LogP contribution in [0.15, 0.2) is 36.7 Å². The van der Waals surface area contributed by atoms with Crippen molar-refractivity contribution in [3.05, 3.63) is 65.2 Å². The molecule has 172 valence electrons. The van der Waals surface area contributed by atoms with Gasteiger partial charge in [-0.1, -0.05) is 0 Å². The Balaban J connectivity index is 1.65. The summed E-state index contributed by atoms with van der Waals surface area (Å²) in [7, 11) is 0. The van der Waals surface area contributed by atoms with Gasteiger partial charge in [-0.15, -0.1) is 0 Å². The molecule has 0 aliphatic carbocycles. The third-order valence-corrected chi connectivity index (χ3v) is 5.87. The van der Waals surface area contributed by atoms with E-state index in [-0.39, 0.29) is 52.0 Å². The molecule has 1 aromatic carbocycles. The van der Waals surface area contributed by atoms with Gasteiger partial charge in [-0.05, 0) is 25.1 Å². The van der Waals surface area contributed by atoms with Gasteiger partial charge in [-0.25, -0.2) is 23.1 Å². The van der Waals surface area contributed by atoms with Gasteiger partial charge in [0.2, 0.25) is 5.88 Å².